The minimum Gasteiger partial charge on any atom is -0.355 e. The maximum absolute atomic E-state index is 13.3. The molecule has 6 heteroatoms. The number of rotatable bonds is 9. The van der Waals surface area contributed by atoms with Crippen LogP contribution in [0.5, 0.6) is 0 Å². The van der Waals surface area contributed by atoms with E-state index < -0.39 is 6.04 Å². The fraction of sp³-hybridized carbons (Fsp3) is 0.321. The lowest BCUT2D eigenvalue weighted by Crippen LogP contribution is -2.47. The normalized spacial score (nSPS) is 13.3. The monoisotopic (exact) mass is 457 g/mol. The van der Waals surface area contributed by atoms with Crippen LogP contribution in [0.1, 0.15) is 48.2 Å². The van der Waals surface area contributed by atoms with E-state index >= 15 is 0 Å². The summed E-state index contributed by atoms with van der Waals surface area (Å²) in [6.07, 6.45) is 0.771. The second-order valence-corrected chi connectivity index (χ2v) is 8.82. The minimum absolute atomic E-state index is 0.0218. The summed E-state index contributed by atoms with van der Waals surface area (Å²) in [5.74, 6) is -0.284. The van der Waals surface area contributed by atoms with Crippen molar-refractivity contribution < 1.29 is 14.4 Å². The zero-order chi connectivity index (χ0) is 24.2. The van der Waals surface area contributed by atoms with Gasteiger partial charge in [-0.2, -0.15) is 0 Å². The summed E-state index contributed by atoms with van der Waals surface area (Å²) in [5.41, 5.74) is 3.74. The highest BCUT2D eigenvalue weighted by Gasteiger charge is 2.30. The van der Waals surface area contributed by atoms with Crippen LogP contribution in [0.4, 0.5) is 5.69 Å². The van der Waals surface area contributed by atoms with Gasteiger partial charge in [0.2, 0.25) is 11.8 Å². The van der Waals surface area contributed by atoms with E-state index in [1.165, 1.54) is 0 Å². The van der Waals surface area contributed by atoms with Gasteiger partial charge in [-0.1, -0.05) is 54.1 Å². The quantitative estimate of drug-likeness (QED) is 0.516. The van der Waals surface area contributed by atoms with Crippen LogP contribution in [0.3, 0.4) is 0 Å². The summed E-state index contributed by atoms with van der Waals surface area (Å²) in [5, 5.41) is 4.84. The summed E-state index contributed by atoms with van der Waals surface area (Å²) in [6.45, 7) is 6.97. The van der Waals surface area contributed by atoms with Crippen LogP contribution in [0.2, 0.25) is 0 Å². The second-order valence-electron chi connectivity index (χ2n) is 8.82. The van der Waals surface area contributed by atoms with Gasteiger partial charge in [0.1, 0.15) is 6.04 Å². The first kappa shape index (κ1) is 23.5. The highest BCUT2D eigenvalue weighted by molar-refractivity contribution is 6.25. The zero-order valence-electron chi connectivity index (χ0n) is 20.0. The number of hydrogen-bond acceptors (Lipinski definition) is 3. The predicted octanol–water partition coefficient (Wildman–Crippen LogP) is 4.44. The molecule has 0 spiro atoms. The highest BCUT2D eigenvalue weighted by Crippen LogP contribution is 2.37. The van der Waals surface area contributed by atoms with Crippen LogP contribution in [-0.2, 0) is 16.1 Å². The van der Waals surface area contributed by atoms with Crippen molar-refractivity contribution in [2.45, 2.75) is 46.2 Å². The Morgan fingerprint density at radius 1 is 1.03 bits per heavy atom. The van der Waals surface area contributed by atoms with Crippen LogP contribution >= 0.6 is 0 Å². The van der Waals surface area contributed by atoms with Crippen molar-refractivity contribution >= 4 is 34.2 Å². The molecule has 0 radical (unpaired) electrons. The Labute approximate surface area is 200 Å². The molecule has 3 aromatic rings. The average Bonchev–Trinajstić information content (AvgIpc) is 3.11. The summed E-state index contributed by atoms with van der Waals surface area (Å²) in [7, 11) is 0. The van der Waals surface area contributed by atoms with Crippen molar-refractivity contribution in [1.29, 1.82) is 0 Å². The van der Waals surface area contributed by atoms with Gasteiger partial charge in [-0.05, 0) is 50.3 Å². The number of amides is 3. The molecule has 3 aromatic carbocycles. The minimum atomic E-state index is -0.583. The molecule has 1 aliphatic heterocycles. The molecular weight excluding hydrogens is 426 g/mol. The number of likely N-dealkylation sites (N-methyl/N-ethyl adjacent to an activating group) is 1. The molecule has 1 atom stereocenters. The van der Waals surface area contributed by atoms with E-state index in [1.807, 2.05) is 74.5 Å². The molecule has 0 aromatic heterocycles. The van der Waals surface area contributed by atoms with Crippen LogP contribution in [0.15, 0.2) is 60.7 Å². The number of aryl methyl sites for hydroxylation is 1. The zero-order valence-corrected chi connectivity index (χ0v) is 20.0. The van der Waals surface area contributed by atoms with E-state index in [4.69, 9.17) is 0 Å². The lowest BCUT2D eigenvalue weighted by molar-refractivity contribution is -0.140. The summed E-state index contributed by atoms with van der Waals surface area (Å²) in [4.78, 5) is 42.2. The SMILES string of the molecule is CCNC(=O)C(C)N(Cc1ccc(C)cc1)C(=O)CCCN1C(=O)c2cccc3cccc1c23. The standard InChI is InChI=1S/C28H31N3O3/c1-4-29-27(33)20(3)31(18-21-15-13-19(2)14-16-21)25(32)12-7-17-30-24-11-6-9-22-8-5-10-23(26(22)24)28(30)34/h5-6,8-11,13-16,20H,4,7,12,17-18H2,1-3H3,(H,29,33). The maximum atomic E-state index is 13.3. The topological polar surface area (TPSA) is 69.7 Å². The van der Waals surface area contributed by atoms with Crippen LogP contribution in [0.25, 0.3) is 10.8 Å². The predicted molar refractivity (Wildman–Crippen MR) is 135 cm³/mol. The first-order valence-corrected chi connectivity index (χ1v) is 11.9. The summed E-state index contributed by atoms with van der Waals surface area (Å²) < 4.78 is 0. The largest absolute Gasteiger partial charge is 0.355 e. The molecule has 1 unspecified atom stereocenters. The molecule has 176 valence electrons. The van der Waals surface area contributed by atoms with Crippen molar-refractivity contribution in [3.8, 4) is 0 Å². The number of nitrogens with one attached hydrogen (secondary N) is 1. The number of anilines is 1. The summed E-state index contributed by atoms with van der Waals surface area (Å²) >= 11 is 0. The molecule has 1 N–H and O–H groups in total. The molecule has 0 saturated carbocycles. The van der Waals surface area contributed by atoms with Gasteiger partial charge < -0.3 is 15.1 Å². The van der Waals surface area contributed by atoms with Gasteiger partial charge in [-0.3, -0.25) is 14.4 Å². The first-order chi connectivity index (χ1) is 16.4. The fourth-order valence-electron chi connectivity index (χ4n) is 4.53. The van der Waals surface area contributed by atoms with Crippen LogP contribution in [0, 0.1) is 6.92 Å². The van der Waals surface area contributed by atoms with E-state index in [1.54, 1.807) is 16.7 Å². The Balaban J connectivity index is 1.45. The van der Waals surface area contributed by atoms with Crippen molar-refractivity contribution in [2.75, 3.05) is 18.0 Å². The molecule has 1 aliphatic rings. The maximum Gasteiger partial charge on any atom is 0.258 e. The van der Waals surface area contributed by atoms with Gasteiger partial charge in [-0.25, -0.2) is 0 Å². The van der Waals surface area contributed by atoms with Crippen molar-refractivity contribution in [3.05, 3.63) is 77.4 Å². The van der Waals surface area contributed by atoms with Gasteiger partial charge in [0, 0.05) is 37.0 Å². The van der Waals surface area contributed by atoms with E-state index in [0.717, 1.165) is 27.6 Å². The number of carbonyl (C=O) groups is 3. The lowest BCUT2D eigenvalue weighted by Gasteiger charge is -2.29. The second kappa shape index (κ2) is 10.1. The van der Waals surface area contributed by atoms with Gasteiger partial charge in [-0.15, -0.1) is 0 Å². The van der Waals surface area contributed by atoms with E-state index in [-0.39, 0.29) is 24.1 Å². The first-order valence-electron chi connectivity index (χ1n) is 11.9. The molecule has 0 fully saturated rings. The molecule has 3 amide bonds. The van der Waals surface area contributed by atoms with Gasteiger partial charge in [0.25, 0.3) is 5.91 Å². The summed E-state index contributed by atoms with van der Waals surface area (Å²) in [6, 6.07) is 19.1. The third kappa shape index (κ3) is 4.67. The smallest absolute Gasteiger partial charge is 0.258 e. The molecular formula is C28H31N3O3. The Bertz CT molecular complexity index is 1210. The Kier molecular flexibility index (Phi) is 6.96. The third-order valence-electron chi connectivity index (χ3n) is 6.41. The molecule has 1 heterocycles. The number of carbonyl (C=O) groups excluding carboxylic acids is 3. The number of benzene rings is 3. The third-order valence-corrected chi connectivity index (χ3v) is 6.41. The Morgan fingerprint density at radius 2 is 1.74 bits per heavy atom. The Hall–Kier alpha value is -3.67. The van der Waals surface area contributed by atoms with E-state index in [2.05, 4.69) is 5.32 Å². The van der Waals surface area contributed by atoms with Crippen molar-refractivity contribution in [1.82, 2.24) is 10.2 Å². The number of hydrogen-bond donors (Lipinski definition) is 1. The molecule has 0 bridgehead atoms. The Morgan fingerprint density at radius 3 is 2.44 bits per heavy atom. The van der Waals surface area contributed by atoms with Crippen LogP contribution < -0.4 is 10.2 Å². The van der Waals surface area contributed by atoms with Gasteiger partial charge in [0.15, 0.2) is 0 Å². The van der Waals surface area contributed by atoms with Gasteiger partial charge >= 0.3 is 0 Å². The van der Waals surface area contributed by atoms with E-state index in [9.17, 15) is 14.4 Å². The fourth-order valence-corrected chi connectivity index (χ4v) is 4.53. The lowest BCUT2D eigenvalue weighted by atomic mass is 10.1. The van der Waals surface area contributed by atoms with Crippen LogP contribution in [-0.4, -0.2) is 41.8 Å². The molecule has 34 heavy (non-hydrogen) atoms. The van der Waals surface area contributed by atoms with Gasteiger partial charge in [0.05, 0.1) is 5.69 Å². The molecule has 0 aliphatic carbocycles. The molecule has 6 nitrogen and oxygen atoms in total. The number of nitrogens with zero attached hydrogens (tertiary/aromatic N) is 2. The molecule has 0 saturated heterocycles. The van der Waals surface area contributed by atoms with Crippen molar-refractivity contribution in [3.63, 3.8) is 0 Å². The van der Waals surface area contributed by atoms with Crippen molar-refractivity contribution in [2.24, 2.45) is 0 Å². The average molecular weight is 458 g/mol. The molecule has 4 rings (SSSR count). The van der Waals surface area contributed by atoms with E-state index in [0.29, 0.717) is 31.6 Å². The highest BCUT2D eigenvalue weighted by atomic mass is 16.2.